The van der Waals surface area contributed by atoms with Crippen LogP contribution in [0.1, 0.15) is 27.1 Å². The summed E-state index contributed by atoms with van der Waals surface area (Å²) in [6.07, 6.45) is -5.14. The van der Waals surface area contributed by atoms with Crippen LogP contribution < -0.4 is 4.74 Å². The van der Waals surface area contributed by atoms with Crippen molar-refractivity contribution < 1.29 is 33.3 Å². The quantitative estimate of drug-likeness (QED) is 0.379. The van der Waals surface area contributed by atoms with Gasteiger partial charge in [0.25, 0.3) is 0 Å². The molecule has 1 fully saturated rings. The number of rotatable bonds is 7. The fourth-order valence-electron chi connectivity index (χ4n) is 3.62. The summed E-state index contributed by atoms with van der Waals surface area (Å²) in [6, 6.07) is 26.7. The zero-order valence-corrected chi connectivity index (χ0v) is 18.5. The molecule has 4 rings (SSSR count). The van der Waals surface area contributed by atoms with Crippen LogP contribution in [0.4, 0.5) is 0 Å². The average molecular weight is 471 g/mol. The van der Waals surface area contributed by atoms with Gasteiger partial charge in [0.05, 0.1) is 23.6 Å². The predicted molar refractivity (Wildman–Crippen MR) is 122 cm³/mol. The maximum atomic E-state index is 12.8. The minimum absolute atomic E-state index is 0.254. The molecule has 0 radical (unpaired) electrons. The number of esters is 3. The first-order valence-corrected chi connectivity index (χ1v) is 10.9. The monoisotopic (exact) mass is 471 g/mol. The van der Waals surface area contributed by atoms with Crippen LogP contribution in [0.25, 0.3) is 0 Å². The van der Waals surface area contributed by atoms with Gasteiger partial charge >= 0.3 is 17.9 Å². The lowest BCUT2D eigenvalue weighted by Gasteiger charge is -2.23. The summed E-state index contributed by atoms with van der Waals surface area (Å²) in [7, 11) is 0. The van der Waals surface area contributed by atoms with Crippen LogP contribution in [0.5, 0.6) is 5.75 Å². The molecule has 35 heavy (non-hydrogen) atoms. The topological polar surface area (TPSA) is 112 Å². The van der Waals surface area contributed by atoms with Crippen molar-refractivity contribution in [2.75, 3.05) is 0 Å². The van der Waals surface area contributed by atoms with Crippen molar-refractivity contribution in [1.82, 2.24) is 0 Å². The van der Waals surface area contributed by atoms with Gasteiger partial charge in [-0.1, -0.05) is 54.6 Å². The van der Waals surface area contributed by atoms with Gasteiger partial charge in [0.15, 0.2) is 18.3 Å². The second kappa shape index (κ2) is 11.1. The summed E-state index contributed by atoms with van der Waals surface area (Å²) in [4.78, 5) is 38.1. The molecular weight excluding hydrogens is 450 g/mol. The van der Waals surface area contributed by atoms with Crippen LogP contribution in [0.15, 0.2) is 91.0 Å². The van der Waals surface area contributed by atoms with E-state index in [9.17, 15) is 19.6 Å². The van der Waals surface area contributed by atoms with Crippen LogP contribution in [0, 0.1) is 11.3 Å². The first-order chi connectivity index (χ1) is 17.0. The summed E-state index contributed by atoms with van der Waals surface area (Å²) in [5, 5.41) is 9.65. The number of nitrogens with zero attached hydrogens (tertiary/aromatic N) is 1. The molecule has 3 aromatic rings. The number of benzene rings is 3. The maximum Gasteiger partial charge on any atom is 0.338 e. The summed E-state index contributed by atoms with van der Waals surface area (Å²) in [5.41, 5.74) is 0.510. The molecule has 0 unspecified atom stereocenters. The largest absolute Gasteiger partial charge is 0.452 e. The van der Waals surface area contributed by atoms with E-state index in [-0.39, 0.29) is 17.5 Å². The van der Waals surface area contributed by atoms with Crippen molar-refractivity contribution in [3.05, 3.63) is 102 Å². The SMILES string of the molecule is N#C[C@@H]1O[C@H](CC(=O)Oc2ccccc2)[C@@H](OC(=O)c2ccccc2)[C@H]1OC(=O)c1ccccc1. The van der Waals surface area contributed by atoms with Gasteiger partial charge in [0.2, 0.25) is 0 Å². The van der Waals surface area contributed by atoms with Gasteiger partial charge in [-0.25, -0.2) is 9.59 Å². The van der Waals surface area contributed by atoms with E-state index in [0.717, 1.165) is 0 Å². The second-order valence-electron chi connectivity index (χ2n) is 7.69. The number of carbonyl (C=O) groups excluding carboxylic acids is 3. The van der Waals surface area contributed by atoms with Crippen molar-refractivity contribution in [3.8, 4) is 11.8 Å². The molecule has 0 amide bonds. The molecule has 1 heterocycles. The average Bonchev–Trinajstić information content (AvgIpc) is 3.20. The highest BCUT2D eigenvalue weighted by atomic mass is 16.6. The Kier molecular flexibility index (Phi) is 7.50. The molecule has 1 saturated heterocycles. The Balaban J connectivity index is 1.56. The van der Waals surface area contributed by atoms with E-state index in [0.29, 0.717) is 5.75 Å². The first-order valence-electron chi connectivity index (χ1n) is 10.9. The van der Waals surface area contributed by atoms with Gasteiger partial charge in [-0.05, 0) is 36.4 Å². The molecule has 176 valence electrons. The molecule has 0 aliphatic carbocycles. The van der Waals surface area contributed by atoms with Crippen molar-refractivity contribution >= 4 is 17.9 Å². The molecule has 8 nitrogen and oxygen atoms in total. The van der Waals surface area contributed by atoms with E-state index in [1.165, 1.54) is 0 Å². The molecule has 8 heteroatoms. The van der Waals surface area contributed by atoms with Gasteiger partial charge in [0.1, 0.15) is 11.9 Å². The summed E-state index contributed by atoms with van der Waals surface area (Å²) >= 11 is 0. The highest BCUT2D eigenvalue weighted by Gasteiger charge is 2.51. The van der Waals surface area contributed by atoms with Crippen LogP contribution in [-0.2, 0) is 19.0 Å². The Hall–Kier alpha value is -4.48. The maximum absolute atomic E-state index is 12.8. The molecule has 0 bridgehead atoms. The van der Waals surface area contributed by atoms with Gasteiger partial charge in [-0.15, -0.1) is 0 Å². The van der Waals surface area contributed by atoms with Crippen LogP contribution in [-0.4, -0.2) is 42.3 Å². The summed E-state index contributed by atoms with van der Waals surface area (Å²) in [6.45, 7) is 0. The van der Waals surface area contributed by atoms with Gasteiger partial charge in [0, 0.05) is 0 Å². The predicted octanol–water partition coefficient (Wildman–Crippen LogP) is 3.72. The van der Waals surface area contributed by atoms with Crippen LogP contribution in [0.3, 0.4) is 0 Å². The highest BCUT2D eigenvalue weighted by Crippen LogP contribution is 2.30. The minimum Gasteiger partial charge on any atom is -0.452 e. The number of ether oxygens (including phenoxy) is 4. The molecule has 3 aromatic carbocycles. The Morgan fingerprint density at radius 1 is 0.743 bits per heavy atom. The fraction of sp³-hybridized carbons (Fsp3) is 0.185. The molecule has 1 aliphatic rings. The fourth-order valence-corrected chi connectivity index (χ4v) is 3.62. The minimum atomic E-state index is -1.26. The van der Waals surface area contributed by atoms with Crippen molar-refractivity contribution in [3.63, 3.8) is 0 Å². The molecule has 0 aromatic heterocycles. The number of carbonyl (C=O) groups is 3. The third-order valence-electron chi connectivity index (χ3n) is 5.29. The Labute approximate surface area is 201 Å². The Morgan fingerprint density at radius 3 is 1.74 bits per heavy atom. The lowest BCUT2D eigenvalue weighted by Crippen LogP contribution is -2.41. The first kappa shape index (κ1) is 23.7. The molecule has 0 N–H and O–H groups in total. The van der Waals surface area contributed by atoms with E-state index < -0.39 is 42.3 Å². The highest BCUT2D eigenvalue weighted by molar-refractivity contribution is 5.90. The van der Waals surface area contributed by atoms with Crippen LogP contribution in [0.2, 0.25) is 0 Å². The van der Waals surface area contributed by atoms with E-state index in [1.54, 1.807) is 91.0 Å². The van der Waals surface area contributed by atoms with E-state index in [4.69, 9.17) is 18.9 Å². The number of nitriles is 1. The smallest absolute Gasteiger partial charge is 0.338 e. The standard InChI is InChI=1S/C27H21NO7/c28-17-22-25(35-27(31)19-12-6-2-7-13-19)24(34-26(30)18-10-4-1-5-11-18)21(33-22)16-23(29)32-20-14-8-3-9-15-20/h1-15,21-22,24-25H,16H2/t21-,22+,24-,25+/m1/s1. The van der Waals surface area contributed by atoms with Crippen LogP contribution >= 0.6 is 0 Å². The third-order valence-corrected chi connectivity index (χ3v) is 5.29. The number of hydrogen-bond donors (Lipinski definition) is 0. The normalized spacial score (nSPS) is 20.9. The number of para-hydroxylation sites is 1. The summed E-state index contributed by atoms with van der Waals surface area (Å²) < 4.78 is 22.2. The van der Waals surface area contributed by atoms with Crippen molar-refractivity contribution in [2.45, 2.75) is 30.8 Å². The molecule has 4 atom stereocenters. The Morgan fingerprint density at radius 2 is 1.23 bits per heavy atom. The molecule has 0 spiro atoms. The number of hydrogen-bond acceptors (Lipinski definition) is 8. The zero-order chi connectivity index (χ0) is 24.6. The molecule has 1 aliphatic heterocycles. The van der Waals surface area contributed by atoms with Gasteiger partial charge < -0.3 is 18.9 Å². The lowest BCUT2D eigenvalue weighted by atomic mass is 10.0. The molecule has 0 saturated carbocycles. The van der Waals surface area contributed by atoms with Crippen molar-refractivity contribution in [2.24, 2.45) is 0 Å². The Bertz CT molecular complexity index is 1210. The van der Waals surface area contributed by atoms with E-state index in [2.05, 4.69) is 0 Å². The zero-order valence-electron chi connectivity index (χ0n) is 18.5. The second-order valence-corrected chi connectivity index (χ2v) is 7.69. The van der Waals surface area contributed by atoms with E-state index >= 15 is 0 Å². The molecular formula is C27H21NO7. The van der Waals surface area contributed by atoms with Gasteiger partial charge in [-0.2, -0.15) is 5.26 Å². The third kappa shape index (κ3) is 5.91. The van der Waals surface area contributed by atoms with Gasteiger partial charge in [-0.3, -0.25) is 4.79 Å². The van der Waals surface area contributed by atoms with E-state index in [1.807, 2.05) is 6.07 Å². The van der Waals surface area contributed by atoms with Crippen molar-refractivity contribution in [1.29, 1.82) is 5.26 Å². The lowest BCUT2D eigenvalue weighted by molar-refractivity contribution is -0.138. The summed E-state index contributed by atoms with van der Waals surface area (Å²) in [5.74, 6) is -1.75.